The van der Waals surface area contributed by atoms with E-state index in [1.807, 2.05) is 33.4 Å². The van der Waals surface area contributed by atoms with Crippen LogP contribution in [0.3, 0.4) is 0 Å². The third kappa shape index (κ3) is 4.21. The number of halogens is 1. The summed E-state index contributed by atoms with van der Waals surface area (Å²) < 4.78 is 13.5. The largest absolute Gasteiger partial charge is 0.338 e. The molecule has 4 rings (SSSR count). The number of carbonyl (C=O) groups is 2. The van der Waals surface area contributed by atoms with Gasteiger partial charge >= 0.3 is 0 Å². The highest BCUT2D eigenvalue weighted by Crippen LogP contribution is 2.32. The van der Waals surface area contributed by atoms with Crippen molar-refractivity contribution in [3.05, 3.63) is 58.0 Å². The lowest BCUT2D eigenvalue weighted by atomic mass is 9.94. The number of thiophene rings is 1. The predicted octanol–water partition coefficient (Wildman–Crippen LogP) is 3.93. The molecule has 4 nitrogen and oxygen atoms in total. The van der Waals surface area contributed by atoms with Crippen molar-refractivity contribution in [1.82, 2.24) is 9.80 Å². The summed E-state index contributed by atoms with van der Waals surface area (Å²) in [6.07, 6.45) is 3.44. The Morgan fingerprint density at radius 2 is 1.89 bits per heavy atom. The highest BCUT2D eigenvalue weighted by molar-refractivity contribution is 7.12. The fourth-order valence-electron chi connectivity index (χ4n) is 3.73. The van der Waals surface area contributed by atoms with Gasteiger partial charge < -0.3 is 9.80 Å². The SMILES string of the molecule is O=C(c1cccs1)N1CCC(C(=O)N(Cc2cccc(F)c2)C2CC2)CC1. The van der Waals surface area contributed by atoms with Gasteiger partial charge in [-0.3, -0.25) is 9.59 Å². The van der Waals surface area contributed by atoms with Gasteiger partial charge in [-0.2, -0.15) is 0 Å². The molecule has 1 aromatic carbocycles. The predicted molar refractivity (Wildman–Crippen MR) is 103 cm³/mol. The molecule has 2 heterocycles. The molecule has 6 heteroatoms. The van der Waals surface area contributed by atoms with Gasteiger partial charge in [0.2, 0.25) is 5.91 Å². The zero-order valence-electron chi connectivity index (χ0n) is 15.1. The first-order chi connectivity index (χ1) is 13.1. The smallest absolute Gasteiger partial charge is 0.263 e. The molecule has 0 radical (unpaired) electrons. The van der Waals surface area contributed by atoms with Crippen LogP contribution in [0.25, 0.3) is 0 Å². The Morgan fingerprint density at radius 3 is 2.52 bits per heavy atom. The third-order valence-electron chi connectivity index (χ3n) is 5.38. The van der Waals surface area contributed by atoms with E-state index in [2.05, 4.69) is 0 Å². The van der Waals surface area contributed by atoms with Crippen LogP contribution in [0.1, 0.15) is 40.9 Å². The number of hydrogen-bond donors (Lipinski definition) is 0. The Morgan fingerprint density at radius 1 is 1.11 bits per heavy atom. The first-order valence-electron chi connectivity index (χ1n) is 9.49. The summed E-state index contributed by atoms with van der Waals surface area (Å²) in [5.74, 6) is -0.0951. The number of amides is 2. The molecule has 0 N–H and O–H groups in total. The van der Waals surface area contributed by atoms with Crippen LogP contribution in [0.15, 0.2) is 41.8 Å². The molecular weight excluding hydrogens is 363 g/mol. The number of carbonyl (C=O) groups excluding carboxylic acids is 2. The van der Waals surface area contributed by atoms with Gasteiger partial charge in [0, 0.05) is 31.6 Å². The summed E-state index contributed by atoms with van der Waals surface area (Å²) in [6.45, 7) is 1.70. The summed E-state index contributed by atoms with van der Waals surface area (Å²) in [5, 5.41) is 1.91. The monoisotopic (exact) mass is 386 g/mol. The lowest BCUT2D eigenvalue weighted by Gasteiger charge is -2.34. The van der Waals surface area contributed by atoms with E-state index in [1.54, 1.807) is 6.07 Å². The molecule has 1 aliphatic carbocycles. The van der Waals surface area contributed by atoms with Crippen LogP contribution in [-0.2, 0) is 11.3 Å². The lowest BCUT2D eigenvalue weighted by Crippen LogP contribution is -2.44. The van der Waals surface area contributed by atoms with Gasteiger partial charge in [-0.25, -0.2) is 4.39 Å². The molecule has 0 spiro atoms. The minimum Gasteiger partial charge on any atom is -0.338 e. The second-order valence-electron chi connectivity index (χ2n) is 7.37. The van der Waals surface area contributed by atoms with Gasteiger partial charge in [-0.15, -0.1) is 11.3 Å². The van der Waals surface area contributed by atoms with Crippen molar-refractivity contribution in [3.63, 3.8) is 0 Å². The van der Waals surface area contributed by atoms with Crippen molar-refractivity contribution >= 4 is 23.2 Å². The summed E-state index contributed by atoms with van der Waals surface area (Å²) in [7, 11) is 0. The van der Waals surface area contributed by atoms with Crippen molar-refractivity contribution in [1.29, 1.82) is 0 Å². The molecule has 1 aromatic heterocycles. The normalized spacial score (nSPS) is 17.7. The van der Waals surface area contributed by atoms with Crippen LogP contribution in [0.5, 0.6) is 0 Å². The Hall–Kier alpha value is -2.21. The third-order valence-corrected chi connectivity index (χ3v) is 6.23. The molecule has 27 heavy (non-hydrogen) atoms. The zero-order chi connectivity index (χ0) is 18.8. The fraction of sp³-hybridized carbons (Fsp3) is 0.429. The van der Waals surface area contributed by atoms with E-state index in [-0.39, 0.29) is 29.6 Å². The molecule has 0 unspecified atom stereocenters. The molecule has 0 bridgehead atoms. The van der Waals surface area contributed by atoms with E-state index in [4.69, 9.17) is 0 Å². The van der Waals surface area contributed by atoms with Crippen LogP contribution in [0.2, 0.25) is 0 Å². The van der Waals surface area contributed by atoms with E-state index in [0.29, 0.717) is 32.5 Å². The van der Waals surface area contributed by atoms with Gasteiger partial charge in [0.1, 0.15) is 5.82 Å². The number of hydrogen-bond acceptors (Lipinski definition) is 3. The Kier molecular flexibility index (Phi) is 5.25. The molecule has 0 atom stereocenters. The lowest BCUT2D eigenvalue weighted by molar-refractivity contribution is -0.138. The van der Waals surface area contributed by atoms with Crippen LogP contribution in [0.4, 0.5) is 4.39 Å². The van der Waals surface area contributed by atoms with Gasteiger partial charge in [0.25, 0.3) is 5.91 Å². The quantitative estimate of drug-likeness (QED) is 0.781. The van der Waals surface area contributed by atoms with Crippen LogP contribution in [0, 0.1) is 11.7 Å². The highest BCUT2D eigenvalue weighted by atomic mass is 32.1. The van der Waals surface area contributed by atoms with E-state index in [0.717, 1.165) is 23.3 Å². The number of nitrogens with zero attached hydrogens (tertiary/aromatic N) is 2. The first kappa shape index (κ1) is 18.2. The Labute approximate surface area is 162 Å². The maximum Gasteiger partial charge on any atom is 0.263 e. The van der Waals surface area contributed by atoms with Gasteiger partial charge in [0.15, 0.2) is 0 Å². The summed E-state index contributed by atoms with van der Waals surface area (Å²) in [6, 6.07) is 10.5. The molecule has 1 aliphatic heterocycles. The van der Waals surface area contributed by atoms with Gasteiger partial charge in [-0.05, 0) is 54.8 Å². The molecule has 1 saturated heterocycles. The van der Waals surface area contributed by atoms with E-state index in [1.165, 1.54) is 23.5 Å². The van der Waals surface area contributed by atoms with E-state index < -0.39 is 0 Å². The summed E-state index contributed by atoms with van der Waals surface area (Å²) in [4.78, 5) is 30.1. The number of likely N-dealkylation sites (tertiary alicyclic amines) is 1. The van der Waals surface area contributed by atoms with Crippen LogP contribution < -0.4 is 0 Å². The van der Waals surface area contributed by atoms with Crippen molar-refractivity contribution < 1.29 is 14.0 Å². The second-order valence-corrected chi connectivity index (χ2v) is 8.32. The summed E-state index contributed by atoms with van der Waals surface area (Å²) in [5.41, 5.74) is 0.834. The van der Waals surface area contributed by atoms with Gasteiger partial charge in [0.05, 0.1) is 4.88 Å². The minimum absolute atomic E-state index is 0.0495. The number of benzene rings is 1. The number of piperidine rings is 1. The Bertz CT molecular complexity index is 811. The van der Waals surface area contributed by atoms with Crippen molar-refractivity contribution in [3.8, 4) is 0 Å². The standard InChI is InChI=1S/C21H23FN2O2S/c22-17-4-1-3-15(13-17)14-24(18-6-7-18)20(25)16-8-10-23(11-9-16)21(26)19-5-2-12-27-19/h1-5,12-13,16,18H,6-11,14H2. The maximum absolute atomic E-state index is 13.5. The fourth-order valence-corrected chi connectivity index (χ4v) is 4.42. The molecule has 2 aromatic rings. The molecular formula is C21H23FN2O2S. The van der Waals surface area contributed by atoms with Crippen molar-refractivity contribution in [2.45, 2.75) is 38.3 Å². The number of rotatable bonds is 5. The van der Waals surface area contributed by atoms with Crippen molar-refractivity contribution in [2.24, 2.45) is 5.92 Å². The molecule has 2 aliphatic rings. The second kappa shape index (κ2) is 7.80. The molecule has 2 fully saturated rings. The van der Waals surface area contributed by atoms with E-state index >= 15 is 0 Å². The van der Waals surface area contributed by atoms with Crippen LogP contribution >= 0.6 is 11.3 Å². The minimum atomic E-state index is -0.268. The summed E-state index contributed by atoms with van der Waals surface area (Å²) >= 11 is 1.45. The van der Waals surface area contributed by atoms with E-state index in [9.17, 15) is 14.0 Å². The topological polar surface area (TPSA) is 40.6 Å². The zero-order valence-corrected chi connectivity index (χ0v) is 16.0. The molecule has 142 valence electrons. The Balaban J connectivity index is 1.38. The average molecular weight is 386 g/mol. The average Bonchev–Trinajstić information content (AvgIpc) is 3.38. The van der Waals surface area contributed by atoms with Gasteiger partial charge in [-0.1, -0.05) is 18.2 Å². The first-order valence-corrected chi connectivity index (χ1v) is 10.4. The molecule has 1 saturated carbocycles. The maximum atomic E-state index is 13.5. The van der Waals surface area contributed by atoms with Crippen LogP contribution in [-0.4, -0.2) is 40.7 Å². The molecule has 2 amide bonds. The highest BCUT2D eigenvalue weighted by Gasteiger charge is 2.37. The van der Waals surface area contributed by atoms with Crippen molar-refractivity contribution in [2.75, 3.05) is 13.1 Å².